The van der Waals surface area contributed by atoms with Gasteiger partial charge in [-0.1, -0.05) is 50.2 Å². The van der Waals surface area contributed by atoms with E-state index in [0.717, 1.165) is 17.0 Å². The van der Waals surface area contributed by atoms with Gasteiger partial charge in [0.05, 0.1) is 18.4 Å². The summed E-state index contributed by atoms with van der Waals surface area (Å²) in [6.07, 6.45) is 1.40. The lowest BCUT2D eigenvalue weighted by Gasteiger charge is -2.37. The number of carbonyl (C=O) groups excluding carboxylic acids is 1. The molecule has 0 saturated heterocycles. The molecule has 26 heavy (non-hydrogen) atoms. The van der Waals surface area contributed by atoms with E-state index >= 15 is 0 Å². The van der Waals surface area contributed by atoms with E-state index in [-0.39, 0.29) is 12.1 Å². The number of benzene rings is 2. The summed E-state index contributed by atoms with van der Waals surface area (Å²) in [5, 5.41) is 3.52. The third kappa shape index (κ3) is 2.99. The van der Waals surface area contributed by atoms with Crippen LogP contribution in [-0.2, 0) is 6.54 Å². The number of anilines is 1. The highest BCUT2D eigenvalue weighted by Crippen LogP contribution is 2.34. The Balaban J connectivity index is 1.73. The first kappa shape index (κ1) is 16.5. The second kappa shape index (κ2) is 6.71. The number of hydrogen-bond donors (Lipinski definition) is 1. The Hall–Kier alpha value is -3.01. The van der Waals surface area contributed by atoms with Gasteiger partial charge in [0.25, 0.3) is 5.91 Å². The van der Waals surface area contributed by atoms with Crippen molar-refractivity contribution < 1.29 is 9.21 Å². The van der Waals surface area contributed by atoms with Crippen molar-refractivity contribution in [2.45, 2.75) is 32.5 Å². The standard InChI is InChI=1S/C22H22N2O2/c1-15(2)16-9-11-17(12-10-16)21-23-20-8-4-3-7-19(20)22(25)24(21)14-18-6-5-13-26-18/h3-13,15,21,23H,14H2,1-2H3. The fourth-order valence-electron chi connectivity index (χ4n) is 3.35. The Morgan fingerprint density at radius 1 is 1.04 bits per heavy atom. The minimum Gasteiger partial charge on any atom is -0.467 e. The van der Waals surface area contributed by atoms with E-state index in [1.54, 1.807) is 6.26 Å². The van der Waals surface area contributed by atoms with Crippen molar-refractivity contribution in [3.63, 3.8) is 0 Å². The summed E-state index contributed by atoms with van der Waals surface area (Å²) in [7, 11) is 0. The van der Waals surface area contributed by atoms with Gasteiger partial charge in [0.15, 0.2) is 0 Å². The van der Waals surface area contributed by atoms with Crippen LogP contribution in [0.4, 0.5) is 5.69 Å². The average Bonchev–Trinajstić information content (AvgIpc) is 3.17. The molecular weight excluding hydrogens is 324 g/mol. The first-order chi connectivity index (χ1) is 12.6. The number of hydrogen-bond acceptors (Lipinski definition) is 3. The van der Waals surface area contributed by atoms with Crippen LogP contribution < -0.4 is 5.32 Å². The molecule has 0 saturated carbocycles. The molecule has 132 valence electrons. The van der Waals surface area contributed by atoms with Crippen LogP contribution in [0.15, 0.2) is 71.3 Å². The summed E-state index contributed by atoms with van der Waals surface area (Å²) in [4.78, 5) is 15.0. The highest BCUT2D eigenvalue weighted by molar-refractivity contribution is 6.01. The molecule has 1 atom stereocenters. The molecule has 3 aromatic rings. The number of nitrogens with one attached hydrogen (secondary N) is 1. The third-order valence-corrected chi connectivity index (χ3v) is 4.85. The highest BCUT2D eigenvalue weighted by Gasteiger charge is 2.33. The largest absolute Gasteiger partial charge is 0.467 e. The van der Waals surface area contributed by atoms with Gasteiger partial charge in [-0.25, -0.2) is 0 Å². The summed E-state index contributed by atoms with van der Waals surface area (Å²) >= 11 is 0. The molecule has 1 unspecified atom stereocenters. The van der Waals surface area contributed by atoms with Crippen LogP contribution in [-0.4, -0.2) is 10.8 Å². The number of carbonyl (C=O) groups is 1. The number of para-hydroxylation sites is 1. The van der Waals surface area contributed by atoms with Gasteiger partial charge in [0.1, 0.15) is 11.9 Å². The number of rotatable bonds is 4. The zero-order chi connectivity index (χ0) is 18.1. The van der Waals surface area contributed by atoms with Gasteiger partial charge in [-0.15, -0.1) is 0 Å². The number of nitrogens with zero attached hydrogens (tertiary/aromatic N) is 1. The molecule has 0 spiro atoms. The van der Waals surface area contributed by atoms with Gasteiger partial charge in [0, 0.05) is 5.69 Å². The first-order valence-electron chi connectivity index (χ1n) is 8.92. The fourth-order valence-corrected chi connectivity index (χ4v) is 3.35. The van der Waals surface area contributed by atoms with Crippen molar-refractivity contribution in [1.29, 1.82) is 0 Å². The van der Waals surface area contributed by atoms with Gasteiger partial charge in [-0.3, -0.25) is 4.79 Å². The van der Waals surface area contributed by atoms with Crippen LogP contribution >= 0.6 is 0 Å². The van der Waals surface area contributed by atoms with Crippen LogP contribution in [0.5, 0.6) is 0 Å². The molecule has 4 nitrogen and oxygen atoms in total. The molecule has 0 radical (unpaired) electrons. The summed E-state index contributed by atoms with van der Waals surface area (Å²) < 4.78 is 5.49. The smallest absolute Gasteiger partial charge is 0.258 e. The van der Waals surface area contributed by atoms with E-state index in [0.29, 0.717) is 18.0 Å². The Morgan fingerprint density at radius 2 is 1.81 bits per heavy atom. The molecular formula is C22H22N2O2. The van der Waals surface area contributed by atoms with E-state index in [1.165, 1.54) is 5.56 Å². The Labute approximate surface area is 153 Å². The topological polar surface area (TPSA) is 45.5 Å². The van der Waals surface area contributed by atoms with E-state index in [4.69, 9.17) is 4.42 Å². The monoisotopic (exact) mass is 346 g/mol. The SMILES string of the molecule is CC(C)c1ccc(C2Nc3ccccc3C(=O)N2Cc2ccco2)cc1. The minimum absolute atomic E-state index is 0.00804. The summed E-state index contributed by atoms with van der Waals surface area (Å²) in [6, 6.07) is 19.9. The molecule has 1 aromatic heterocycles. The number of furan rings is 1. The molecule has 1 aliphatic heterocycles. The molecule has 0 fully saturated rings. The van der Waals surface area contributed by atoms with Crippen molar-refractivity contribution in [3.8, 4) is 0 Å². The van der Waals surface area contributed by atoms with Crippen molar-refractivity contribution >= 4 is 11.6 Å². The summed E-state index contributed by atoms with van der Waals surface area (Å²) in [6.45, 7) is 4.78. The van der Waals surface area contributed by atoms with E-state index in [1.807, 2.05) is 41.3 Å². The van der Waals surface area contributed by atoms with Crippen molar-refractivity contribution in [3.05, 3.63) is 89.4 Å². The van der Waals surface area contributed by atoms with E-state index < -0.39 is 0 Å². The van der Waals surface area contributed by atoms with E-state index in [9.17, 15) is 4.79 Å². The minimum atomic E-state index is -0.233. The van der Waals surface area contributed by atoms with Crippen molar-refractivity contribution in [2.75, 3.05) is 5.32 Å². The van der Waals surface area contributed by atoms with Crippen LogP contribution in [0.1, 0.15) is 53.2 Å². The lowest BCUT2D eigenvalue weighted by Crippen LogP contribution is -2.42. The van der Waals surface area contributed by atoms with Crippen molar-refractivity contribution in [2.24, 2.45) is 0 Å². The molecule has 4 heteroatoms. The molecule has 0 bridgehead atoms. The number of amides is 1. The fraction of sp³-hybridized carbons (Fsp3) is 0.227. The molecule has 2 heterocycles. The average molecular weight is 346 g/mol. The maximum Gasteiger partial charge on any atom is 0.258 e. The zero-order valence-electron chi connectivity index (χ0n) is 15.0. The zero-order valence-corrected chi connectivity index (χ0v) is 15.0. The van der Waals surface area contributed by atoms with E-state index in [2.05, 4.69) is 43.4 Å². The molecule has 1 N–H and O–H groups in total. The Morgan fingerprint density at radius 3 is 2.50 bits per heavy atom. The second-order valence-corrected chi connectivity index (χ2v) is 6.93. The molecule has 0 aliphatic carbocycles. The molecule has 1 aliphatic rings. The molecule has 1 amide bonds. The lowest BCUT2D eigenvalue weighted by atomic mass is 9.99. The van der Waals surface area contributed by atoms with Gasteiger partial charge in [0.2, 0.25) is 0 Å². The number of fused-ring (bicyclic) bond motifs is 1. The predicted octanol–water partition coefficient (Wildman–Crippen LogP) is 5.17. The van der Waals surface area contributed by atoms with Crippen LogP contribution in [0.3, 0.4) is 0 Å². The van der Waals surface area contributed by atoms with Gasteiger partial charge in [-0.2, -0.15) is 0 Å². The van der Waals surface area contributed by atoms with Crippen molar-refractivity contribution in [1.82, 2.24) is 4.90 Å². The summed E-state index contributed by atoms with van der Waals surface area (Å²) in [5.74, 6) is 1.25. The highest BCUT2D eigenvalue weighted by atomic mass is 16.3. The van der Waals surface area contributed by atoms with Gasteiger partial charge >= 0.3 is 0 Å². The predicted molar refractivity (Wildman–Crippen MR) is 102 cm³/mol. The Bertz CT molecular complexity index is 898. The third-order valence-electron chi connectivity index (χ3n) is 4.85. The van der Waals surface area contributed by atoms with Crippen LogP contribution in [0.25, 0.3) is 0 Å². The maximum atomic E-state index is 13.1. The van der Waals surface area contributed by atoms with Crippen LogP contribution in [0.2, 0.25) is 0 Å². The molecule has 2 aromatic carbocycles. The molecule has 4 rings (SSSR count). The van der Waals surface area contributed by atoms with Gasteiger partial charge < -0.3 is 14.6 Å². The Kier molecular flexibility index (Phi) is 4.25. The second-order valence-electron chi connectivity index (χ2n) is 6.93. The lowest BCUT2D eigenvalue weighted by molar-refractivity contribution is 0.0651. The quantitative estimate of drug-likeness (QED) is 0.709. The first-order valence-corrected chi connectivity index (χ1v) is 8.92. The van der Waals surface area contributed by atoms with Crippen LogP contribution in [0, 0.1) is 0 Å². The maximum absolute atomic E-state index is 13.1. The van der Waals surface area contributed by atoms with Gasteiger partial charge in [-0.05, 0) is 41.3 Å². The normalized spacial score (nSPS) is 16.5. The summed E-state index contributed by atoms with van der Waals surface area (Å²) in [5.41, 5.74) is 3.90.